The highest BCUT2D eigenvalue weighted by molar-refractivity contribution is 6.36. The van der Waals surface area contributed by atoms with Crippen LogP contribution < -0.4 is 5.32 Å². The fourth-order valence-corrected chi connectivity index (χ4v) is 2.06. The van der Waals surface area contributed by atoms with Crippen LogP contribution >= 0.6 is 23.2 Å². The van der Waals surface area contributed by atoms with Crippen molar-refractivity contribution in [3.8, 4) is 0 Å². The molecule has 3 heteroatoms. The molecule has 0 amide bonds. The molecular formula is C13H19Cl2N. The molecule has 0 aliphatic heterocycles. The van der Waals surface area contributed by atoms with E-state index in [4.69, 9.17) is 23.2 Å². The van der Waals surface area contributed by atoms with Crippen LogP contribution in [0.4, 0.5) is 5.69 Å². The fraction of sp³-hybridized carbons (Fsp3) is 0.538. The topological polar surface area (TPSA) is 12.0 Å². The van der Waals surface area contributed by atoms with Crippen molar-refractivity contribution < 1.29 is 0 Å². The molecule has 0 spiro atoms. The van der Waals surface area contributed by atoms with Gasteiger partial charge in [-0.25, -0.2) is 0 Å². The number of hydrogen-bond donors (Lipinski definition) is 1. The summed E-state index contributed by atoms with van der Waals surface area (Å²) in [7, 11) is 0. The van der Waals surface area contributed by atoms with Crippen LogP contribution in [0.15, 0.2) is 18.2 Å². The Hall–Kier alpha value is -0.400. The van der Waals surface area contributed by atoms with Gasteiger partial charge in [-0.3, -0.25) is 0 Å². The molecule has 0 bridgehead atoms. The van der Waals surface area contributed by atoms with Crippen molar-refractivity contribution in [3.63, 3.8) is 0 Å². The summed E-state index contributed by atoms with van der Waals surface area (Å²) in [6, 6.07) is 5.55. The van der Waals surface area contributed by atoms with Gasteiger partial charge in [0, 0.05) is 11.6 Å². The van der Waals surface area contributed by atoms with Crippen molar-refractivity contribution in [2.24, 2.45) is 0 Å². The van der Waals surface area contributed by atoms with Gasteiger partial charge < -0.3 is 5.32 Å². The van der Waals surface area contributed by atoms with Crippen LogP contribution in [-0.4, -0.2) is 6.54 Å². The predicted octanol–water partition coefficient (Wildman–Crippen LogP) is 5.38. The van der Waals surface area contributed by atoms with Crippen molar-refractivity contribution in [2.75, 3.05) is 11.9 Å². The molecule has 0 atom stereocenters. The van der Waals surface area contributed by atoms with Crippen molar-refractivity contribution in [1.82, 2.24) is 0 Å². The predicted molar refractivity (Wildman–Crippen MR) is 73.7 cm³/mol. The molecule has 0 saturated heterocycles. The molecule has 0 radical (unpaired) electrons. The molecule has 1 aromatic carbocycles. The quantitative estimate of drug-likeness (QED) is 0.649. The molecule has 0 aromatic heterocycles. The lowest BCUT2D eigenvalue weighted by Gasteiger charge is -2.08. The lowest BCUT2D eigenvalue weighted by Crippen LogP contribution is -2.01. The zero-order valence-corrected chi connectivity index (χ0v) is 11.2. The highest BCUT2D eigenvalue weighted by atomic mass is 35.5. The second-order valence-corrected chi connectivity index (χ2v) is 4.81. The average Bonchev–Trinajstić information content (AvgIpc) is 2.26. The summed E-state index contributed by atoms with van der Waals surface area (Å²) in [5.74, 6) is 0. The van der Waals surface area contributed by atoms with Gasteiger partial charge >= 0.3 is 0 Å². The van der Waals surface area contributed by atoms with E-state index < -0.39 is 0 Å². The van der Waals surface area contributed by atoms with Gasteiger partial charge in [-0.1, -0.05) is 55.8 Å². The van der Waals surface area contributed by atoms with Crippen LogP contribution in [0, 0.1) is 0 Å². The van der Waals surface area contributed by atoms with Crippen LogP contribution in [0.25, 0.3) is 0 Å². The van der Waals surface area contributed by atoms with E-state index in [9.17, 15) is 0 Å². The zero-order valence-electron chi connectivity index (χ0n) is 9.73. The monoisotopic (exact) mass is 259 g/mol. The maximum absolute atomic E-state index is 6.05. The van der Waals surface area contributed by atoms with E-state index in [1.807, 2.05) is 12.1 Å². The summed E-state index contributed by atoms with van der Waals surface area (Å²) in [6.45, 7) is 3.21. The Balaban J connectivity index is 2.21. The minimum absolute atomic E-state index is 0.679. The second kappa shape index (κ2) is 7.81. The van der Waals surface area contributed by atoms with Crippen LogP contribution in [-0.2, 0) is 0 Å². The summed E-state index contributed by atoms with van der Waals surface area (Å²) in [4.78, 5) is 0. The van der Waals surface area contributed by atoms with Gasteiger partial charge in [0.25, 0.3) is 0 Å². The number of rotatable bonds is 7. The first-order valence-corrected chi connectivity index (χ1v) is 6.68. The van der Waals surface area contributed by atoms with Crippen LogP contribution in [0.1, 0.15) is 39.0 Å². The first kappa shape index (κ1) is 13.7. The Labute approximate surface area is 108 Å². The van der Waals surface area contributed by atoms with E-state index in [-0.39, 0.29) is 0 Å². The standard InChI is InChI=1S/C13H19Cl2N/c1-2-3-4-5-6-9-16-13-8-7-11(14)10-12(13)15/h7-8,10,16H,2-6,9H2,1H3. The Morgan fingerprint density at radius 2 is 1.81 bits per heavy atom. The smallest absolute Gasteiger partial charge is 0.0652 e. The minimum atomic E-state index is 0.679. The minimum Gasteiger partial charge on any atom is -0.384 e. The molecule has 1 rings (SSSR count). The van der Waals surface area contributed by atoms with Crippen molar-refractivity contribution >= 4 is 28.9 Å². The first-order chi connectivity index (χ1) is 7.74. The largest absolute Gasteiger partial charge is 0.384 e. The van der Waals surface area contributed by atoms with E-state index in [0.29, 0.717) is 10.0 Å². The lowest BCUT2D eigenvalue weighted by molar-refractivity contribution is 0.645. The maximum Gasteiger partial charge on any atom is 0.0652 e. The van der Waals surface area contributed by atoms with Crippen molar-refractivity contribution in [2.45, 2.75) is 39.0 Å². The zero-order chi connectivity index (χ0) is 11.8. The van der Waals surface area contributed by atoms with E-state index in [0.717, 1.165) is 12.2 Å². The summed E-state index contributed by atoms with van der Waals surface area (Å²) >= 11 is 11.9. The Morgan fingerprint density at radius 1 is 1.06 bits per heavy atom. The van der Waals surface area contributed by atoms with Crippen LogP contribution in [0.5, 0.6) is 0 Å². The molecule has 1 aromatic rings. The SMILES string of the molecule is CCCCCCCNc1ccc(Cl)cc1Cl. The molecular weight excluding hydrogens is 241 g/mol. The van der Waals surface area contributed by atoms with Gasteiger partial charge in [-0.15, -0.1) is 0 Å². The summed E-state index contributed by atoms with van der Waals surface area (Å²) in [6.07, 6.45) is 6.43. The lowest BCUT2D eigenvalue weighted by atomic mass is 10.1. The highest BCUT2D eigenvalue weighted by Crippen LogP contribution is 2.25. The summed E-state index contributed by atoms with van der Waals surface area (Å²) in [5, 5.41) is 4.70. The molecule has 1 nitrogen and oxygen atoms in total. The third-order valence-corrected chi connectivity index (χ3v) is 3.07. The number of benzene rings is 1. The normalized spacial score (nSPS) is 10.4. The van der Waals surface area contributed by atoms with Gasteiger partial charge in [0.15, 0.2) is 0 Å². The fourth-order valence-electron chi connectivity index (χ4n) is 1.58. The highest BCUT2D eigenvalue weighted by Gasteiger charge is 1.99. The van der Waals surface area contributed by atoms with E-state index in [1.165, 1.54) is 32.1 Å². The molecule has 0 aliphatic rings. The molecule has 0 aliphatic carbocycles. The Bertz CT molecular complexity index is 313. The van der Waals surface area contributed by atoms with Gasteiger partial charge in [-0.2, -0.15) is 0 Å². The average molecular weight is 260 g/mol. The molecule has 90 valence electrons. The summed E-state index contributed by atoms with van der Waals surface area (Å²) < 4.78 is 0. The first-order valence-electron chi connectivity index (χ1n) is 5.93. The van der Waals surface area contributed by atoms with Crippen molar-refractivity contribution in [1.29, 1.82) is 0 Å². The number of hydrogen-bond acceptors (Lipinski definition) is 1. The van der Waals surface area contributed by atoms with E-state index >= 15 is 0 Å². The number of unbranched alkanes of at least 4 members (excludes halogenated alkanes) is 4. The van der Waals surface area contributed by atoms with Crippen molar-refractivity contribution in [3.05, 3.63) is 28.2 Å². The Kier molecular flexibility index (Phi) is 6.67. The van der Waals surface area contributed by atoms with Crippen LogP contribution in [0.3, 0.4) is 0 Å². The van der Waals surface area contributed by atoms with E-state index in [2.05, 4.69) is 12.2 Å². The van der Waals surface area contributed by atoms with Gasteiger partial charge in [0.2, 0.25) is 0 Å². The Morgan fingerprint density at radius 3 is 2.50 bits per heavy atom. The number of nitrogens with one attached hydrogen (secondary N) is 1. The molecule has 0 fully saturated rings. The second-order valence-electron chi connectivity index (χ2n) is 3.97. The molecule has 0 saturated carbocycles. The molecule has 16 heavy (non-hydrogen) atoms. The van der Waals surface area contributed by atoms with Crippen LogP contribution in [0.2, 0.25) is 10.0 Å². The molecule has 0 unspecified atom stereocenters. The van der Waals surface area contributed by atoms with Gasteiger partial charge in [-0.05, 0) is 24.6 Å². The number of anilines is 1. The third kappa shape index (κ3) is 5.09. The number of halogens is 2. The molecule has 0 heterocycles. The van der Waals surface area contributed by atoms with Gasteiger partial charge in [0.1, 0.15) is 0 Å². The maximum atomic E-state index is 6.05. The van der Waals surface area contributed by atoms with E-state index in [1.54, 1.807) is 6.07 Å². The summed E-state index contributed by atoms with van der Waals surface area (Å²) in [5.41, 5.74) is 0.974. The molecule has 1 N–H and O–H groups in total. The van der Waals surface area contributed by atoms with Gasteiger partial charge in [0.05, 0.1) is 10.7 Å². The third-order valence-electron chi connectivity index (χ3n) is 2.53.